The summed E-state index contributed by atoms with van der Waals surface area (Å²) in [5.74, 6) is 0.690. The Kier molecular flexibility index (Phi) is 4.91. The zero-order chi connectivity index (χ0) is 14.5. The van der Waals surface area contributed by atoms with E-state index in [9.17, 15) is 4.79 Å². The van der Waals surface area contributed by atoms with Gasteiger partial charge in [-0.05, 0) is 32.1 Å². The smallest absolute Gasteiger partial charge is 0.231 e. The van der Waals surface area contributed by atoms with Crippen molar-refractivity contribution < 1.29 is 9.69 Å². The van der Waals surface area contributed by atoms with Crippen molar-refractivity contribution in [3.05, 3.63) is 35.9 Å². The molecule has 2 fully saturated rings. The molecule has 21 heavy (non-hydrogen) atoms. The van der Waals surface area contributed by atoms with Crippen molar-refractivity contribution in [2.75, 3.05) is 26.2 Å². The van der Waals surface area contributed by atoms with Crippen molar-refractivity contribution in [2.24, 2.45) is 5.92 Å². The Labute approximate surface area is 127 Å². The van der Waals surface area contributed by atoms with Crippen LogP contribution in [0.3, 0.4) is 0 Å². The lowest BCUT2D eigenvalue weighted by atomic mass is 9.95. The Morgan fingerprint density at radius 3 is 2.62 bits per heavy atom. The number of nitrogens with zero attached hydrogens (tertiary/aromatic N) is 1. The molecule has 0 aromatic heterocycles. The molecule has 2 aliphatic heterocycles. The van der Waals surface area contributed by atoms with Crippen LogP contribution in [-0.2, 0) is 11.3 Å². The summed E-state index contributed by atoms with van der Waals surface area (Å²) in [5, 5.41) is 0. The fourth-order valence-electron chi connectivity index (χ4n) is 3.78. The SMILES string of the molecule is O=C([C@H]1CCC[NH+](Cc2ccccc2)C1)N1CCCCC1. The van der Waals surface area contributed by atoms with Gasteiger partial charge in [0.2, 0.25) is 5.91 Å². The van der Waals surface area contributed by atoms with Crippen LogP contribution in [0.1, 0.15) is 37.7 Å². The van der Waals surface area contributed by atoms with Crippen LogP contribution in [0.2, 0.25) is 0 Å². The number of rotatable bonds is 3. The van der Waals surface area contributed by atoms with Gasteiger partial charge in [-0.25, -0.2) is 0 Å². The summed E-state index contributed by atoms with van der Waals surface area (Å²) in [6.45, 7) is 5.26. The largest absolute Gasteiger partial charge is 0.342 e. The third-order valence-corrected chi connectivity index (χ3v) is 4.93. The Morgan fingerprint density at radius 2 is 1.86 bits per heavy atom. The highest BCUT2D eigenvalue weighted by Crippen LogP contribution is 2.16. The Morgan fingerprint density at radius 1 is 1.10 bits per heavy atom. The summed E-state index contributed by atoms with van der Waals surface area (Å²) < 4.78 is 0. The molecular weight excluding hydrogens is 260 g/mol. The van der Waals surface area contributed by atoms with Crippen molar-refractivity contribution >= 4 is 5.91 Å². The maximum Gasteiger partial charge on any atom is 0.231 e. The normalized spacial score (nSPS) is 26.6. The standard InChI is InChI=1S/C18H26N2O/c21-18(20-12-5-2-6-13-20)17-10-7-11-19(15-17)14-16-8-3-1-4-9-16/h1,3-4,8-9,17H,2,5-7,10-15H2/p+1/t17-/m0/s1. The molecule has 2 atom stereocenters. The second-order valence-electron chi connectivity index (χ2n) is 6.59. The first-order valence-corrected chi connectivity index (χ1v) is 8.49. The molecule has 1 aromatic carbocycles. The number of quaternary nitrogens is 1. The second kappa shape index (κ2) is 7.08. The van der Waals surface area contributed by atoms with Crippen LogP contribution in [0.15, 0.2) is 30.3 Å². The predicted molar refractivity (Wildman–Crippen MR) is 84.0 cm³/mol. The molecular formula is C18H27N2O+. The van der Waals surface area contributed by atoms with Crippen molar-refractivity contribution in [1.82, 2.24) is 4.90 Å². The molecule has 114 valence electrons. The van der Waals surface area contributed by atoms with Crippen LogP contribution in [0.4, 0.5) is 0 Å². The summed E-state index contributed by atoms with van der Waals surface area (Å²) in [5.41, 5.74) is 1.39. The topological polar surface area (TPSA) is 24.8 Å². The number of hydrogen-bond donors (Lipinski definition) is 1. The first-order valence-electron chi connectivity index (χ1n) is 8.49. The highest BCUT2D eigenvalue weighted by Gasteiger charge is 2.32. The number of likely N-dealkylation sites (tertiary alicyclic amines) is 2. The molecule has 2 saturated heterocycles. The number of nitrogens with one attached hydrogen (secondary N) is 1. The third-order valence-electron chi connectivity index (χ3n) is 4.93. The Balaban J connectivity index is 1.56. The molecule has 3 nitrogen and oxygen atoms in total. The lowest BCUT2D eigenvalue weighted by Gasteiger charge is -2.34. The third kappa shape index (κ3) is 3.85. The number of hydrogen-bond acceptors (Lipinski definition) is 1. The van der Waals surface area contributed by atoms with E-state index in [1.807, 2.05) is 0 Å². The van der Waals surface area contributed by atoms with E-state index in [-0.39, 0.29) is 5.92 Å². The van der Waals surface area contributed by atoms with Crippen LogP contribution < -0.4 is 4.90 Å². The highest BCUT2D eigenvalue weighted by molar-refractivity contribution is 5.79. The highest BCUT2D eigenvalue weighted by atomic mass is 16.2. The van der Waals surface area contributed by atoms with Gasteiger partial charge < -0.3 is 9.80 Å². The Bertz CT molecular complexity index is 454. The van der Waals surface area contributed by atoms with Gasteiger partial charge in [-0.15, -0.1) is 0 Å². The van der Waals surface area contributed by atoms with Gasteiger partial charge in [-0.2, -0.15) is 0 Å². The molecule has 1 unspecified atom stereocenters. The van der Waals surface area contributed by atoms with Crippen LogP contribution in [0, 0.1) is 5.92 Å². The molecule has 3 rings (SSSR count). The zero-order valence-corrected chi connectivity index (χ0v) is 12.9. The maximum absolute atomic E-state index is 12.7. The van der Waals surface area contributed by atoms with E-state index >= 15 is 0 Å². The van der Waals surface area contributed by atoms with Gasteiger partial charge in [-0.1, -0.05) is 30.3 Å². The number of carbonyl (C=O) groups excluding carboxylic acids is 1. The van der Waals surface area contributed by atoms with Gasteiger partial charge in [-0.3, -0.25) is 4.79 Å². The number of benzene rings is 1. The lowest BCUT2D eigenvalue weighted by molar-refractivity contribution is -0.921. The number of amides is 1. The minimum Gasteiger partial charge on any atom is -0.342 e. The van der Waals surface area contributed by atoms with E-state index in [1.54, 1.807) is 4.90 Å². The molecule has 2 aliphatic rings. The fraction of sp³-hybridized carbons (Fsp3) is 0.611. The minimum absolute atomic E-state index is 0.260. The molecule has 0 bridgehead atoms. The van der Waals surface area contributed by atoms with E-state index in [4.69, 9.17) is 0 Å². The van der Waals surface area contributed by atoms with Gasteiger partial charge >= 0.3 is 0 Å². The summed E-state index contributed by atoms with van der Waals surface area (Å²) in [7, 11) is 0. The second-order valence-corrected chi connectivity index (χ2v) is 6.59. The average molecular weight is 287 g/mol. The monoisotopic (exact) mass is 287 g/mol. The molecule has 1 N–H and O–H groups in total. The van der Waals surface area contributed by atoms with E-state index in [1.165, 1.54) is 37.8 Å². The lowest BCUT2D eigenvalue weighted by Crippen LogP contribution is -3.12. The van der Waals surface area contributed by atoms with E-state index < -0.39 is 0 Å². The number of carbonyl (C=O) groups is 1. The molecule has 3 heteroatoms. The van der Waals surface area contributed by atoms with Crippen molar-refractivity contribution in [3.63, 3.8) is 0 Å². The molecule has 1 amide bonds. The first kappa shape index (κ1) is 14.6. The maximum atomic E-state index is 12.7. The van der Waals surface area contributed by atoms with E-state index in [0.717, 1.165) is 32.6 Å². The van der Waals surface area contributed by atoms with Crippen molar-refractivity contribution in [3.8, 4) is 0 Å². The summed E-state index contributed by atoms with van der Waals surface area (Å²) >= 11 is 0. The summed E-state index contributed by atoms with van der Waals surface area (Å²) in [4.78, 5) is 16.4. The van der Waals surface area contributed by atoms with Gasteiger partial charge in [0.15, 0.2) is 0 Å². The molecule has 0 spiro atoms. The molecule has 0 aliphatic carbocycles. The van der Waals surface area contributed by atoms with Gasteiger partial charge in [0.05, 0.1) is 19.0 Å². The van der Waals surface area contributed by atoms with Crippen molar-refractivity contribution in [2.45, 2.75) is 38.6 Å². The van der Waals surface area contributed by atoms with Crippen LogP contribution >= 0.6 is 0 Å². The minimum atomic E-state index is 0.260. The van der Waals surface area contributed by atoms with Crippen LogP contribution in [0.25, 0.3) is 0 Å². The fourth-order valence-corrected chi connectivity index (χ4v) is 3.78. The van der Waals surface area contributed by atoms with Crippen LogP contribution in [0.5, 0.6) is 0 Å². The predicted octanol–water partition coefficient (Wildman–Crippen LogP) is 1.49. The quantitative estimate of drug-likeness (QED) is 0.895. The van der Waals surface area contributed by atoms with Gasteiger partial charge in [0.1, 0.15) is 6.54 Å². The van der Waals surface area contributed by atoms with Gasteiger partial charge in [0.25, 0.3) is 0 Å². The molecule has 0 saturated carbocycles. The molecule has 0 radical (unpaired) electrons. The average Bonchev–Trinajstić information content (AvgIpc) is 2.56. The summed E-state index contributed by atoms with van der Waals surface area (Å²) in [6.07, 6.45) is 5.96. The number of piperidine rings is 2. The Hall–Kier alpha value is -1.35. The first-order chi connectivity index (χ1) is 10.3. The molecule has 1 aromatic rings. The van der Waals surface area contributed by atoms with E-state index in [0.29, 0.717) is 5.91 Å². The molecule has 2 heterocycles. The van der Waals surface area contributed by atoms with Crippen molar-refractivity contribution in [1.29, 1.82) is 0 Å². The van der Waals surface area contributed by atoms with Crippen LogP contribution in [-0.4, -0.2) is 37.0 Å². The van der Waals surface area contributed by atoms with Gasteiger partial charge in [0, 0.05) is 18.7 Å². The zero-order valence-electron chi connectivity index (χ0n) is 12.9. The van der Waals surface area contributed by atoms with E-state index in [2.05, 4.69) is 35.2 Å². The summed E-state index contributed by atoms with van der Waals surface area (Å²) in [6, 6.07) is 10.7.